The van der Waals surface area contributed by atoms with Crippen molar-refractivity contribution in [3.63, 3.8) is 0 Å². The largest absolute Gasteiger partial charge is 0.468 e. The van der Waals surface area contributed by atoms with Crippen LogP contribution in [0.15, 0.2) is 36.0 Å². The van der Waals surface area contributed by atoms with Crippen LogP contribution in [-0.4, -0.2) is 26.2 Å². The zero-order valence-electron chi connectivity index (χ0n) is 13.8. The van der Waals surface area contributed by atoms with Crippen molar-refractivity contribution in [3.8, 4) is 0 Å². The minimum atomic E-state index is -1.29. The summed E-state index contributed by atoms with van der Waals surface area (Å²) in [6, 6.07) is 0. The number of carbonyl (C=O) groups excluding carboxylic acids is 2. The molecule has 122 valence electrons. The van der Waals surface area contributed by atoms with Crippen molar-refractivity contribution in [2.24, 2.45) is 5.41 Å². The number of carbonyl (C=O) groups is 2. The maximum atomic E-state index is 12.1. The van der Waals surface area contributed by atoms with E-state index >= 15 is 0 Å². The van der Waals surface area contributed by atoms with Gasteiger partial charge >= 0.3 is 11.9 Å². The molecule has 0 aromatic rings. The van der Waals surface area contributed by atoms with E-state index in [0.717, 1.165) is 17.6 Å². The van der Waals surface area contributed by atoms with Gasteiger partial charge < -0.3 is 9.47 Å². The Morgan fingerprint density at radius 2 is 1.91 bits per heavy atom. The predicted octanol–water partition coefficient (Wildman–Crippen LogP) is 3.73. The highest BCUT2D eigenvalue weighted by Crippen LogP contribution is 2.40. The molecule has 0 radical (unpaired) electrons. The van der Waals surface area contributed by atoms with Gasteiger partial charge in [0.25, 0.3) is 0 Å². The average molecular weight is 306 g/mol. The van der Waals surface area contributed by atoms with Crippen LogP contribution in [0.5, 0.6) is 0 Å². The summed E-state index contributed by atoms with van der Waals surface area (Å²) in [5.74, 6) is -1.13. The van der Waals surface area contributed by atoms with E-state index < -0.39 is 17.4 Å². The van der Waals surface area contributed by atoms with Gasteiger partial charge in [0.05, 0.1) is 14.2 Å². The SMILES string of the molecule is C=C1CC(C(=O)OC)(C(=O)OC)CC=C1/C=C/CCCCC. The average Bonchev–Trinajstić information content (AvgIpc) is 2.54. The maximum absolute atomic E-state index is 12.1. The van der Waals surface area contributed by atoms with Crippen LogP contribution in [0.2, 0.25) is 0 Å². The van der Waals surface area contributed by atoms with E-state index in [4.69, 9.17) is 9.47 Å². The van der Waals surface area contributed by atoms with Crippen molar-refractivity contribution in [3.05, 3.63) is 36.0 Å². The fourth-order valence-corrected chi connectivity index (χ4v) is 2.66. The van der Waals surface area contributed by atoms with Gasteiger partial charge in [-0.1, -0.05) is 44.6 Å². The van der Waals surface area contributed by atoms with Gasteiger partial charge in [-0.15, -0.1) is 0 Å². The monoisotopic (exact) mass is 306 g/mol. The molecule has 4 heteroatoms. The molecule has 0 aliphatic heterocycles. The molecule has 0 saturated carbocycles. The fourth-order valence-electron chi connectivity index (χ4n) is 2.66. The van der Waals surface area contributed by atoms with Crippen molar-refractivity contribution in [1.82, 2.24) is 0 Å². The molecule has 0 amide bonds. The highest BCUT2D eigenvalue weighted by molar-refractivity contribution is 6.01. The van der Waals surface area contributed by atoms with E-state index in [9.17, 15) is 9.59 Å². The third-order valence-corrected chi connectivity index (χ3v) is 4.02. The van der Waals surface area contributed by atoms with E-state index in [0.29, 0.717) is 0 Å². The Labute approximate surface area is 132 Å². The molecule has 0 saturated heterocycles. The molecule has 0 fully saturated rings. The van der Waals surface area contributed by atoms with Gasteiger partial charge in [-0.25, -0.2) is 0 Å². The highest BCUT2D eigenvalue weighted by Gasteiger charge is 2.49. The molecule has 0 atom stereocenters. The van der Waals surface area contributed by atoms with Crippen LogP contribution in [0.25, 0.3) is 0 Å². The second-order valence-electron chi connectivity index (χ2n) is 5.61. The number of allylic oxidation sites excluding steroid dienone is 5. The summed E-state index contributed by atoms with van der Waals surface area (Å²) in [5.41, 5.74) is 0.453. The number of esters is 2. The standard InChI is InChI=1S/C18H26O4/c1-5-6-7-8-9-10-15-11-12-18(13-14(15)2,16(19)21-3)17(20)22-4/h9-11H,2,5-8,12-13H2,1,3-4H3/b10-9+. The molecule has 1 rings (SSSR count). The topological polar surface area (TPSA) is 52.6 Å². The van der Waals surface area contributed by atoms with Crippen molar-refractivity contribution < 1.29 is 19.1 Å². The maximum Gasteiger partial charge on any atom is 0.323 e. The van der Waals surface area contributed by atoms with Gasteiger partial charge in [0.1, 0.15) is 0 Å². The Balaban J connectivity index is 2.85. The molecule has 0 unspecified atom stereocenters. The van der Waals surface area contributed by atoms with Crippen LogP contribution in [0.3, 0.4) is 0 Å². The van der Waals surface area contributed by atoms with Gasteiger partial charge in [0.2, 0.25) is 0 Å². The second-order valence-corrected chi connectivity index (χ2v) is 5.61. The summed E-state index contributed by atoms with van der Waals surface area (Å²) in [7, 11) is 2.56. The first kappa shape index (κ1) is 18.2. The molecule has 0 aromatic carbocycles. The lowest BCUT2D eigenvalue weighted by Crippen LogP contribution is -2.42. The van der Waals surface area contributed by atoms with Gasteiger partial charge in [-0.05, 0) is 36.8 Å². The van der Waals surface area contributed by atoms with E-state index in [2.05, 4.69) is 19.6 Å². The van der Waals surface area contributed by atoms with E-state index in [-0.39, 0.29) is 12.8 Å². The van der Waals surface area contributed by atoms with Gasteiger partial charge in [-0.3, -0.25) is 9.59 Å². The number of unbranched alkanes of at least 4 members (excludes halogenated alkanes) is 3. The highest BCUT2D eigenvalue weighted by atomic mass is 16.5. The zero-order chi connectivity index (χ0) is 16.6. The second kappa shape index (κ2) is 8.57. The summed E-state index contributed by atoms with van der Waals surface area (Å²) >= 11 is 0. The Hall–Kier alpha value is -1.84. The molecule has 0 N–H and O–H groups in total. The van der Waals surface area contributed by atoms with E-state index in [1.165, 1.54) is 33.5 Å². The Morgan fingerprint density at radius 3 is 2.41 bits per heavy atom. The van der Waals surface area contributed by atoms with E-state index in [1.807, 2.05) is 12.2 Å². The zero-order valence-corrected chi connectivity index (χ0v) is 13.8. The number of hydrogen-bond donors (Lipinski definition) is 0. The van der Waals surface area contributed by atoms with Crippen LogP contribution in [0.4, 0.5) is 0 Å². The lowest BCUT2D eigenvalue weighted by Gasteiger charge is -2.31. The van der Waals surface area contributed by atoms with Crippen LogP contribution < -0.4 is 0 Å². The molecule has 0 aromatic heterocycles. The predicted molar refractivity (Wildman–Crippen MR) is 86.2 cm³/mol. The molecule has 0 spiro atoms. The number of hydrogen-bond acceptors (Lipinski definition) is 4. The lowest BCUT2D eigenvalue weighted by molar-refractivity contribution is -0.169. The molecule has 0 bridgehead atoms. The third kappa shape index (κ3) is 4.09. The van der Waals surface area contributed by atoms with Gasteiger partial charge in [0, 0.05) is 0 Å². The summed E-state index contributed by atoms with van der Waals surface area (Å²) in [5, 5.41) is 0. The van der Waals surface area contributed by atoms with Crippen molar-refractivity contribution in [2.45, 2.75) is 45.4 Å². The Bertz CT molecular complexity index is 469. The molecule has 1 aliphatic carbocycles. The van der Waals surface area contributed by atoms with Crippen molar-refractivity contribution in [1.29, 1.82) is 0 Å². The van der Waals surface area contributed by atoms with Crippen molar-refractivity contribution >= 4 is 11.9 Å². The normalized spacial score (nSPS) is 17.2. The minimum Gasteiger partial charge on any atom is -0.468 e. The molecule has 1 aliphatic rings. The third-order valence-electron chi connectivity index (χ3n) is 4.02. The molecular formula is C18H26O4. The van der Waals surface area contributed by atoms with Crippen LogP contribution in [-0.2, 0) is 19.1 Å². The van der Waals surface area contributed by atoms with Crippen molar-refractivity contribution in [2.75, 3.05) is 14.2 Å². The fraction of sp³-hybridized carbons (Fsp3) is 0.556. The Kier molecular flexibility index (Phi) is 7.09. The minimum absolute atomic E-state index is 0.234. The molecule has 0 heterocycles. The smallest absolute Gasteiger partial charge is 0.323 e. The molecule has 22 heavy (non-hydrogen) atoms. The summed E-state index contributed by atoms with van der Waals surface area (Å²) in [6.45, 7) is 6.18. The first-order valence-corrected chi connectivity index (χ1v) is 7.73. The first-order valence-electron chi connectivity index (χ1n) is 7.73. The first-order chi connectivity index (χ1) is 10.5. The molecular weight excluding hydrogens is 280 g/mol. The number of ether oxygens (including phenoxy) is 2. The number of methoxy groups -OCH3 is 2. The molecule has 4 nitrogen and oxygen atoms in total. The summed E-state index contributed by atoms with van der Waals surface area (Å²) in [4.78, 5) is 24.1. The van der Waals surface area contributed by atoms with Crippen LogP contribution in [0.1, 0.15) is 45.4 Å². The van der Waals surface area contributed by atoms with E-state index in [1.54, 1.807) is 0 Å². The summed E-state index contributed by atoms with van der Waals surface area (Å²) < 4.78 is 9.59. The quantitative estimate of drug-likeness (QED) is 0.408. The van der Waals surface area contributed by atoms with Crippen LogP contribution >= 0.6 is 0 Å². The van der Waals surface area contributed by atoms with Gasteiger partial charge in [0.15, 0.2) is 5.41 Å². The Morgan fingerprint density at radius 1 is 1.27 bits per heavy atom. The number of rotatable bonds is 7. The van der Waals surface area contributed by atoms with Gasteiger partial charge in [-0.2, -0.15) is 0 Å². The summed E-state index contributed by atoms with van der Waals surface area (Å²) in [6.07, 6.45) is 11.1. The lowest BCUT2D eigenvalue weighted by atomic mass is 9.73. The van der Waals surface area contributed by atoms with Crippen LogP contribution in [0, 0.1) is 5.41 Å².